The monoisotopic (exact) mass is 534 g/mol. The average Bonchev–Trinajstić information content (AvgIpc) is 2.90. The molecule has 0 bridgehead atoms. The molecule has 0 saturated carbocycles. The molecule has 4 aromatic rings. The van der Waals surface area contributed by atoms with Gasteiger partial charge >= 0.3 is 0 Å². The fraction of sp³-hybridized carbons (Fsp3) is 0.167. The summed E-state index contributed by atoms with van der Waals surface area (Å²) in [6.45, 7) is 1.75. The van der Waals surface area contributed by atoms with Crippen molar-refractivity contribution in [3.8, 4) is 0 Å². The molecule has 0 N–H and O–H groups in total. The second-order valence-corrected chi connectivity index (χ2v) is 10.2. The predicted octanol–water partition coefficient (Wildman–Crippen LogP) is 7.94. The molecular weight excluding hydrogens is 511 g/mol. The lowest BCUT2D eigenvalue weighted by Crippen LogP contribution is -2.50. The third-order valence-corrected chi connectivity index (χ3v) is 7.42. The van der Waals surface area contributed by atoms with E-state index in [-0.39, 0.29) is 11.9 Å². The van der Waals surface area contributed by atoms with Gasteiger partial charge in [-0.25, -0.2) is 0 Å². The van der Waals surface area contributed by atoms with E-state index in [4.69, 9.17) is 34.8 Å². The highest BCUT2D eigenvalue weighted by molar-refractivity contribution is 6.36. The van der Waals surface area contributed by atoms with Crippen molar-refractivity contribution in [3.63, 3.8) is 0 Å². The topological polar surface area (TPSA) is 23.6 Å². The third kappa shape index (κ3) is 5.39. The van der Waals surface area contributed by atoms with Gasteiger partial charge in [0.25, 0.3) is 5.91 Å². The van der Waals surface area contributed by atoms with Gasteiger partial charge in [-0.2, -0.15) is 0 Å². The molecular formula is C30H25Cl3N2O. The van der Waals surface area contributed by atoms with Crippen molar-refractivity contribution in [2.24, 2.45) is 0 Å². The molecule has 1 amide bonds. The van der Waals surface area contributed by atoms with E-state index in [1.165, 1.54) is 5.56 Å². The maximum atomic E-state index is 13.8. The SMILES string of the molecule is O=C(c1ccccc1Cc1ccccc1)N1CCN(c2ccc(Cl)cc2Cl)C(c2ccc(Cl)cc2)C1. The highest BCUT2D eigenvalue weighted by Gasteiger charge is 2.32. The van der Waals surface area contributed by atoms with Crippen molar-refractivity contribution in [2.75, 3.05) is 24.5 Å². The average molecular weight is 536 g/mol. The predicted molar refractivity (Wildman–Crippen MR) is 150 cm³/mol. The van der Waals surface area contributed by atoms with E-state index in [2.05, 4.69) is 17.0 Å². The molecule has 6 heteroatoms. The minimum atomic E-state index is -0.0834. The molecule has 1 atom stereocenters. The quantitative estimate of drug-likeness (QED) is 0.259. The molecule has 0 radical (unpaired) electrons. The van der Waals surface area contributed by atoms with Gasteiger partial charge < -0.3 is 9.80 Å². The number of nitrogens with zero attached hydrogens (tertiary/aromatic N) is 2. The number of hydrogen-bond acceptors (Lipinski definition) is 2. The summed E-state index contributed by atoms with van der Waals surface area (Å²) in [6, 6.07) is 31.4. The Balaban J connectivity index is 1.45. The zero-order valence-corrected chi connectivity index (χ0v) is 21.8. The van der Waals surface area contributed by atoms with E-state index in [0.29, 0.717) is 41.1 Å². The summed E-state index contributed by atoms with van der Waals surface area (Å²) in [7, 11) is 0. The molecule has 5 rings (SSSR count). The van der Waals surface area contributed by atoms with Gasteiger partial charge in [0.2, 0.25) is 0 Å². The van der Waals surface area contributed by atoms with Crippen LogP contribution in [0.5, 0.6) is 0 Å². The van der Waals surface area contributed by atoms with Gasteiger partial charge in [-0.15, -0.1) is 0 Å². The second-order valence-electron chi connectivity index (χ2n) is 8.93. The smallest absolute Gasteiger partial charge is 0.254 e. The number of hydrogen-bond donors (Lipinski definition) is 0. The second kappa shape index (κ2) is 11.0. The number of rotatable bonds is 5. The number of carbonyl (C=O) groups is 1. The standard InChI is InChI=1S/C30H25Cl3N2O/c31-24-12-10-22(11-13-24)29-20-34(16-17-35(29)28-15-14-25(32)19-27(28)33)30(36)26-9-5-4-8-23(26)18-21-6-2-1-3-7-21/h1-15,19,29H,16-18,20H2. The van der Waals surface area contributed by atoms with Crippen LogP contribution in [0.3, 0.4) is 0 Å². The van der Waals surface area contributed by atoms with Crippen LogP contribution in [0.2, 0.25) is 15.1 Å². The highest BCUT2D eigenvalue weighted by Crippen LogP contribution is 2.37. The van der Waals surface area contributed by atoms with Crippen LogP contribution in [0.15, 0.2) is 97.1 Å². The lowest BCUT2D eigenvalue weighted by molar-refractivity contribution is 0.0721. The number of anilines is 1. The summed E-state index contributed by atoms with van der Waals surface area (Å²) in [6.07, 6.45) is 0.712. The minimum Gasteiger partial charge on any atom is -0.360 e. The van der Waals surface area contributed by atoms with Crippen molar-refractivity contribution >= 4 is 46.4 Å². The molecule has 0 spiro atoms. The van der Waals surface area contributed by atoms with E-state index in [1.54, 1.807) is 6.07 Å². The van der Waals surface area contributed by atoms with Gasteiger partial charge in [-0.1, -0.05) is 95.5 Å². The summed E-state index contributed by atoms with van der Waals surface area (Å²) >= 11 is 18.9. The van der Waals surface area contributed by atoms with Crippen molar-refractivity contribution < 1.29 is 4.79 Å². The Morgan fingerprint density at radius 1 is 0.778 bits per heavy atom. The molecule has 0 aromatic heterocycles. The first kappa shape index (κ1) is 24.7. The van der Waals surface area contributed by atoms with Crippen LogP contribution < -0.4 is 4.90 Å². The normalized spacial score (nSPS) is 15.7. The van der Waals surface area contributed by atoms with Gasteiger partial charge in [0.15, 0.2) is 0 Å². The first-order valence-electron chi connectivity index (χ1n) is 11.9. The highest BCUT2D eigenvalue weighted by atomic mass is 35.5. The molecule has 4 aromatic carbocycles. The molecule has 1 unspecified atom stereocenters. The molecule has 1 aliphatic rings. The Morgan fingerprint density at radius 2 is 1.47 bits per heavy atom. The van der Waals surface area contributed by atoms with E-state index in [1.807, 2.05) is 83.8 Å². The summed E-state index contributed by atoms with van der Waals surface area (Å²) < 4.78 is 0. The summed E-state index contributed by atoms with van der Waals surface area (Å²) in [5, 5.41) is 1.86. The van der Waals surface area contributed by atoms with E-state index < -0.39 is 0 Å². The van der Waals surface area contributed by atoms with Crippen LogP contribution in [-0.4, -0.2) is 30.4 Å². The van der Waals surface area contributed by atoms with Crippen LogP contribution in [-0.2, 0) is 6.42 Å². The maximum absolute atomic E-state index is 13.8. The third-order valence-electron chi connectivity index (χ3n) is 6.63. The number of carbonyl (C=O) groups excluding carboxylic acids is 1. The van der Waals surface area contributed by atoms with Crippen molar-refractivity contribution in [2.45, 2.75) is 12.5 Å². The number of benzene rings is 4. The zero-order valence-electron chi connectivity index (χ0n) is 19.6. The maximum Gasteiger partial charge on any atom is 0.254 e. The van der Waals surface area contributed by atoms with Crippen LogP contribution in [0.4, 0.5) is 5.69 Å². The first-order chi connectivity index (χ1) is 17.5. The van der Waals surface area contributed by atoms with Crippen LogP contribution >= 0.6 is 34.8 Å². The largest absolute Gasteiger partial charge is 0.360 e. The Hall–Kier alpha value is -2.98. The van der Waals surface area contributed by atoms with E-state index >= 15 is 0 Å². The lowest BCUT2D eigenvalue weighted by Gasteiger charge is -2.43. The lowest BCUT2D eigenvalue weighted by atomic mass is 9.97. The van der Waals surface area contributed by atoms with Crippen molar-refractivity contribution in [3.05, 3.63) is 134 Å². The first-order valence-corrected chi connectivity index (χ1v) is 13.0. The molecule has 182 valence electrons. The van der Waals surface area contributed by atoms with Crippen LogP contribution in [0, 0.1) is 0 Å². The summed E-state index contributed by atoms with van der Waals surface area (Å²) in [5.74, 6) is 0.0438. The Morgan fingerprint density at radius 3 is 2.22 bits per heavy atom. The van der Waals surface area contributed by atoms with Crippen molar-refractivity contribution in [1.82, 2.24) is 4.90 Å². The Kier molecular flexibility index (Phi) is 7.52. The van der Waals surface area contributed by atoms with Gasteiger partial charge in [0.05, 0.1) is 16.8 Å². The number of halogens is 3. The fourth-order valence-electron chi connectivity index (χ4n) is 4.81. The number of piperazine rings is 1. The molecule has 1 aliphatic heterocycles. The fourth-order valence-corrected chi connectivity index (χ4v) is 5.45. The molecule has 1 fully saturated rings. The van der Waals surface area contributed by atoms with Crippen molar-refractivity contribution in [1.29, 1.82) is 0 Å². The summed E-state index contributed by atoms with van der Waals surface area (Å²) in [4.78, 5) is 18.0. The van der Waals surface area contributed by atoms with Gasteiger partial charge in [0.1, 0.15) is 0 Å². The molecule has 36 heavy (non-hydrogen) atoms. The zero-order chi connectivity index (χ0) is 25.1. The van der Waals surface area contributed by atoms with Crippen LogP contribution in [0.1, 0.15) is 33.1 Å². The van der Waals surface area contributed by atoms with E-state index in [9.17, 15) is 4.79 Å². The van der Waals surface area contributed by atoms with Gasteiger partial charge in [-0.3, -0.25) is 4.79 Å². The van der Waals surface area contributed by atoms with Gasteiger partial charge in [-0.05, 0) is 59.5 Å². The molecule has 3 nitrogen and oxygen atoms in total. The Labute approximate surface area is 226 Å². The van der Waals surface area contributed by atoms with E-state index in [0.717, 1.165) is 22.4 Å². The molecule has 0 aliphatic carbocycles. The molecule has 1 saturated heterocycles. The Bertz CT molecular complexity index is 1360. The summed E-state index contributed by atoms with van der Waals surface area (Å²) in [5.41, 5.74) is 4.92. The van der Waals surface area contributed by atoms with Crippen LogP contribution in [0.25, 0.3) is 0 Å². The molecule has 1 heterocycles. The number of amides is 1. The minimum absolute atomic E-state index is 0.0438. The van der Waals surface area contributed by atoms with Gasteiger partial charge in [0, 0.05) is 35.2 Å².